The van der Waals surface area contributed by atoms with Crippen molar-refractivity contribution in [2.45, 2.75) is 40.0 Å². The zero-order valence-electron chi connectivity index (χ0n) is 20.1. The number of anilines is 1. The summed E-state index contributed by atoms with van der Waals surface area (Å²) in [5.74, 6) is 1.26. The van der Waals surface area contributed by atoms with E-state index in [1.807, 2.05) is 16.2 Å². The fourth-order valence-corrected chi connectivity index (χ4v) is 7.17. The van der Waals surface area contributed by atoms with Gasteiger partial charge in [0.15, 0.2) is 0 Å². The number of aryl methyl sites for hydroxylation is 1. The maximum absolute atomic E-state index is 13.0. The average Bonchev–Trinajstić information content (AvgIpc) is 3.47. The number of carbonyl (C=O) groups excluding carboxylic acids is 2. The van der Waals surface area contributed by atoms with E-state index < -0.39 is 5.97 Å². The van der Waals surface area contributed by atoms with Gasteiger partial charge in [-0.1, -0.05) is 20.8 Å². The zero-order valence-corrected chi connectivity index (χ0v) is 21.7. The van der Waals surface area contributed by atoms with Crippen molar-refractivity contribution in [3.8, 4) is 0 Å². The Morgan fingerprint density at radius 1 is 1.06 bits per heavy atom. The molecule has 1 aliphatic heterocycles. The third-order valence-corrected chi connectivity index (χ3v) is 9.34. The maximum Gasteiger partial charge on any atom is 0.348 e. The van der Waals surface area contributed by atoms with Crippen LogP contribution < -0.4 is 4.90 Å². The Hall–Kier alpha value is -2.52. The van der Waals surface area contributed by atoms with Gasteiger partial charge in [0.25, 0.3) is 5.91 Å². The normalized spacial score (nSPS) is 18.8. The molecule has 1 amide bonds. The number of carbonyl (C=O) groups is 2. The number of nitrogens with zero attached hydrogens (tertiary/aromatic N) is 4. The molecule has 0 saturated carbocycles. The quantitative estimate of drug-likeness (QED) is 0.489. The fourth-order valence-electron chi connectivity index (χ4n) is 5.01. The van der Waals surface area contributed by atoms with Crippen LogP contribution in [0.3, 0.4) is 0 Å². The van der Waals surface area contributed by atoms with E-state index in [-0.39, 0.29) is 5.91 Å². The second-order valence-electron chi connectivity index (χ2n) is 10.1. The van der Waals surface area contributed by atoms with Crippen LogP contribution >= 0.6 is 22.7 Å². The highest BCUT2D eigenvalue weighted by molar-refractivity contribution is 7.19. The monoisotopic (exact) mass is 498 g/mol. The molecule has 0 N–H and O–H groups in total. The molecule has 4 heterocycles. The molecule has 1 aliphatic carbocycles. The first-order chi connectivity index (χ1) is 16.3. The van der Waals surface area contributed by atoms with Crippen molar-refractivity contribution < 1.29 is 14.3 Å². The summed E-state index contributed by atoms with van der Waals surface area (Å²) in [6.07, 6.45) is 5.08. The van der Waals surface area contributed by atoms with Crippen molar-refractivity contribution >= 4 is 50.6 Å². The number of fused-ring (bicyclic) bond motifs is 3. The first-order valence-electron chi connectivity index (χ1n) is 11.7. The molecule has 1 atom stereocenters. The van der Waals surface area contributed by atoms with Crippen molar-refractivity contribution in [3.05, 3.63) is 38.7 Å². The third-order valence-electron chi connectivity index (χ3n) is 7.12. The van der Waals surface area contributed by atoms with Gasteiger partial charge in [-0.05, 0) is 48.3 Å². The molecule has 7 nitrogen and oxygen atoms in total. The molecule has 180 valence electrons. The molecular formula is C25H30N4O3S2. The number of piperazine rings is 1. The number of amides is 1. The number of aromatic nitrogens is 2. The van der Waals surface area contributed by atoms with E-state index in [4.69, 9.17) is 9.72 Å². The van der Waals surface area contributed by atoms with Crippen LogP contribution in [0.5, 0.6) is 0 Å². The van der Waals surface area contributed by atoms with Gasteiger partial charge in [0.05, 0.1) is 17.4 Å². The van der Waals surface area contributed by atoms with Crippen LogP contribution in [0.1, 0.15) is 57.0 Å². The van der Waals surface area contributed by atoms with Gasteiger partial charge in [0.2, 0.25) is 0 Å². The summed E-state index contributed by atoms with van der Waals surface area (Å²) in [6.45, 7) is 9.71. The van der Waals surface area contributed by atoms with E-state index in [1.165, 1.54) is 40.7 Å². The third kappa shape index (κ3) is 4.20. The Balaban J connectivity index is 1.33. The maximum atomic E-state index is 13.0. The van der Waals surface area contributed by atoms with E-state index in [2.05, 4.69) is 30.7 Å². The van der Waals surface area contributed by atoms with Crippen molar-refractivity contribution in [2.75, 3.05) is 38.2 Å². The summed E-state index contributed by atoms with van der Waals surface area (Å²) < 4.78 is 4.76. The molecule has 1 unspecified atom stereocenters. The van der Waals surface area contributed by atoms with Gasteiger partial charge in [0.1, 0.15) is 21.9 Å². The molecule has 3 aromatic rings. The van der Waals surface area contributed by atoms with Crippen LogP contribution in [0.25, 0.3) is 10.2 Å². The highest BCUT2D eigenvalue weighted by Crippen LogP contribution is 2.44. The van der Waals surface area contributed by atoms with Crippen LogP contribution in [-0.4, -0.2) is 60.0 Å². The number of esters is 1. The number of ether oxygens (including phenoxy) is 1. The van der Waals surface area contributed by atoms with Gasteiger partial charge >= 0.3 is 5.97 Å². The number of hydrogen-bond acceptors (Lipinski definition) is 8. The Morgan fingerprint density at radius 3 is 2.50 bits per heavy atom. The summed E-state index contributed by atoms with van der Waals surface area (Å²) >= 11 is 3.01. The number of hydrogen-bond donors (Lipinski definition) is 0. The molecule has 0 radical (unpaired) electrons. The molecule has 0 aromatic carbocycles. The lowest BCUT2D eigenvalue weighted by Crippen LogP contribution is -2.49. The summed E-state index contributed by atoms with van der Waals surface area (Å²) in [7, 11) is 1.35. The van der Waals surface area contributed by atoms with E-state index in [9.17, 15) is 9.59 Å². The number of rotatable bonds is 3. The topological polar surface area (TPSA) is 75.6 Å². The molecule has 0 spiro atoms. The SMILES string of the molecule is COC(=O)c1ccc(C(=O)N2CCN(c3ncnc4sc5c(c34)CCC(C(C)(C)C)C5)CC2)s1. The Morgan fingerprint density at radius 2 is 1.79 bits per heavy atom. The molecule has 1 saturated heterocycles. The molecule has 0 bridgehead atoms. The van der Waals surface area contributed by atoms with Crippen LogP contribution in [0.15, 0.2) is 18.5 Å². The van der Waals surface area contributed by atoms with Gasteiger partial charge < -0.3 is 14.5 Å². The molecule has 2 aliphatic rings. The van der Waals surface area contributed by atoms with Crippen LogP contribution in [0.2, 0.25) is 0 Å². The highest BCUT2D eigenvalue weighted by Gasteiger charge is 2.33. The van der Waals surface area contributed by atoms with Gasteiger partial charge in [-0.25, -0.2) is 14.8 Å². The summed E-state index contributed by atoms with van der Waals surface area (Å²) in [4.78, 5) is 41.8. The van der Waals surface area contributed by atoms with E-state index in [1.54, 1.807) is 18.5 Å². The molecule has 5 rings (SSSR count). The van der Waals surface area contributed by atoms with E-state index in [0.717, 1.165) is 36.6 Å². The molecule has 9 heteroatoms. The highest BCUT2D eigenvalue weighted by atomic mass is 32.1. The minimum absolute atomic E-state index is 0.0335. The van der Waals surface area contributed by atoms with Crippen molar-refractivity contribution in [1.82, 2.24) is 14.9 Å². The Kier molecular flexibility index (Phi) is 6.10. The summed E-state index contributed by atoms with van der Waals surface area (Å²) in [5, 5.41) is 1.22. The van der Waals surface area contributed by atoms with Crippen LogP contribution in [-0.2, 0) is 17.6 Å². The lowest BCUT2D eigenvalue weighted by molar-refractivity contribution is 0.0606. The zero-order chi connectivity index (χ0) is 24.0. The summed E-state index contributed by atoms with van der Waals surface area (Å²) in [5.41, 5.74) is 1.74. The first-order valence-corrected chi connectivity index (χ1v) is 13.4. The van der Waals surface area contributed by atoms with Gasteiger partial charge in [-0.15, -0.1) is 22.7 Å². The van der Waals surface area contributed by atoms with Crippen LogP contribution in [0, 0.1) is 11.3 Å². The number of methoxy groups -OCH3 is 1. The first kappa shape index (κ1) is 23.2. The molecule has 1 fully saturated rings. The predicted molar refractivity (Wildman–Crippen MR) is 136 cm³/mol. The minimum atomic E-state index is -0.408. The molecule has 34 heavy (non-hydrogen) atoms. The molecular weight excluding hydrogens is 468 g/mol. The standard InChI is InChI=1S/C25H30N4O3S2/c1-25(2,3)15-5-6-16-19(13-15)34-22-20(16)21(26-14-27-22)28-9-11-29(12-10-28)23(30)17-7-8-18(33-17)24(31)32-4/h7-8,14-15H,5-6,9-13H2,1-4H3. The fraction of sp³-hybridized carbons (Fsp3) is 0.520. The van der Waals surface area contributed by atoms with E-state index in [0.29, 0.717) is 34.2 Å². The predicted octanol–water partition coefficient (Wildman–Crippen LogP) is 4.65. The summed E-state index contributed by atoms with van der Waals surface area (Å²) in [6, 6.07) is 3.36. The second kappa shape index (κ2) is 8.92. The lowest BCUT2D eigenvalue weighted by atomic mass is 9.72. The number of thiophene rings is 2. The largest absolute Gasteiger partial charge is 0.465 e. The lowest BCUT2D eigenvalue weighted by Gasteiger charge is -2.36. The van der Waals surface area contributed by atoms with Gasteiger partial charge in [-0.3, -0.25) is 4.79 Å². The van der Waals surface area contributed by atoms with Gasteiger partial charge in [-0.2, -0.15) is 0 Å². The van der Waals surface area contributed by atoms with Crippen LogP contribution in [0.4, 0.5) is 5.82 Å². The smallest absolute Gasteiger partial charge is 0.348 e. The van der Waals surface area contributed by atoms with Crippen molar-refractivity contribution in [2.24, 2.45) is 11.3 Å². The second-order valence-corrected chi connectivity index (χ2v) is 12.3. The van der Waals surface area contributed by atoms with Gasteiger partial charge in [0, 0.05) is 31.1 Å². The van der Waals surface area contributed by atoms with Crippen molar-refractivity contribution in [1.29, 1.82) is 0 Å². The van der Waals surface area contributed by atoms with E-state index >= 15 is 0 Å². The Bertz CT molecular complexity index is 1230. The molecule has 3 aromatic heterocycles. The van der Waals surface area contributed by atoms with Crippen molar-refractivity contribution in [3.63, 3.8) is 0 Å². The Labute approximate surface area is 207 Å². The minimum Gasteiger partial charge on any atom is -0.465 e. The average molecular weight is 499 g/mol.